The van der Waals surface area contributed by atoms with Crippen molar-refractivity contribution in [2.45, 2.75) is 6.92 Å². The number of halogens is 1. The van der Waals surface area contributed by atoms with Crippen LogP contribution in [0.1, 0.15) is 5.69 Å². The molecule has 0 aliphatic carbocycles. The van der Waals surface area contributed by atoms with Crippen LogP contribution in [0.25, 0.3) is 17.0 Å². The molecule has 118 valence electrons. The van der Waals surface area contributed by atoms with Crippen molar-refractivity contribution in [2.75, 3.05) is 0 Å². The smallest absolute Gasteiger partial charge is 0.237 e. The van der Waals surface area contributed by atoms with Gasteiger partial charge in [0.1, 0.15) is 4.60 Å². The standard InChI is InChI=1S/C17H12BrN5O/c1-11-7-8-13(16(18)19-11)24-15-10-9-14-20-21-17(23(14)22-15)12-5-3-2-4-6-12/h2-10H,1H3. The lowest BCUT2D eigenvalue weighted by Gasteiger charge is -2.07. The Morgan fingerprint density at radius 1 is 0.958 bits per heavy atom. The van der Waals surface area contributed by atoms with Gasteiger partial charge in [-0.1, -0.05) is 30.3 Å². The van der Waals surface area contributed by atoms with Crippen LogP contribution < -0.4 is 4.74 Å². The van der Waals surface area contributed by atoms with Crippen LogP contribution in [0.3, 0.4) is 0 Å². The highest BCUT2D eigenvalue weighted by Crippen LogP contribution is 2.27. The molecule has 3 heterocycles. The molecule has 0 fully saturated rings. The summed E-state index contributed by atoms with van der Waals surface area (Å²) in [7, 11) is 0. The van der Waals surface area contributed by atoms with E-state index in [9.17, 15) is 0 Å². The van der Waals surface area contributed by atoms with Crippen molar-refractivity contribution in [1.29, 1.82) is 0 Å². The number of rotatable bonds is 3. The number of fused-ring (bicyclic) bond motifs is 1. The van der Waals surface area contributed by atoms with Crippen molar-refractivity contribution in [2.24, 2.45) is 0 Å². The number of hydrogen-bond donors (Lipinski definition) is 0. The van der Waals surface area contributed by atoms with Crippen LogP contribution in [-0.2, 0) is 0 Å². The number of aromatic nitrogens is 5. The number of hydrogen-bond acceptors (Lipinski definition) is 5. The molecule has 3 aromatic heterocycles. The van der Waals surface area contributed by atoms with E-state index in [1.165, 1.54) is 0 Å². The van der Waals surface area contributed by atoms with Gasteiger partial charge in [-0.25, -0.2) is 4.98 Å². The van der Waals surface area contributed by atoms with Crippen LogP contribution in [0, 0.1) is 6.92 Å². The number of pyridine rings is 1. The largest absolute Gasteiger partial charge is 0.435 e. The molecule has 24 heavy (non-hydrogen) atoms. The zero-order chi connectivity index (χ0) is 16.5. The molecule has 7 heteroatoms. The highest BCUT2D eigenvalue weighted by atomic mass is 79.9. The zero-order valence-electron chi connectivity index (χ0n) is 12.7. The topological polar surface area (TPSA) is 65.2 Å². The summed E-state index contributed by atoms with van der Waals surface area (Å²) in [5.41, 5.74) is 2.50. The van der Waals surface area contributed by atoms with Gasteiger partial charge in [0.05, 0.1) is 0 Å². The minimum Gasteiger partial charge on any atom is -0.435 e. The van der Waals surface area contributed by atoms with Gasteiger partial charge in [0.25, 0.3) is 0 Å². The van der Waals surface area contributed by atoms with E-state index in [0.29, 0.717) is 27.7 Å². The molecule has 0 aliphatic rings. The van der Waals surface area contributed by atoms with Crippen LogP contribution in [0.15, 0.2) is 59.2 Å². The molecule has 0 unspecified atom stereocenters. The van der Waals surface area contributed by atoms with Crippen LogP contribution in [0.5, 0.6) is 11.6 Å². The number of benzene rings is 1. The highest BCUT2D eigenvalue weighted by molar-refractivity contribution is 9.10. The van der Waals surface area contributed by atoms with Crippen molar-refractivity contribution in [3.63, 3.8) is 0 Å². The normalized spacial score (nSPS) is 10.9. The number of nitrogens with zero attached hydrogens (tertiary/aromatic N) is 5. The quantitative estimate of drug-likeness (QED) is 0.500. The molecule has 0 bridgehead atoms. The lowest BCUT2D eigenvalue weighted by molar-refractivity contribution is 0.447. The van der Waals surface area contributed by atoms with Gasteiger partial charge in [-0.3, -0.25) is 0 Å². The van der Waals surface area contributed by atoms with Crippen LogP contribution in [0.2, 0.25) is 0 Å². The monoisotopic (exact) mass is 381 g/mol. The molecule has 0 aliphatic heterocycles. The van der Waals surface area contributed by atoms with Crippen molar-refractivity contribution >= 4 is 21.6 Å². The summed E-state index contributed by atoms with van der Waals surface area (Å²) in [5.74, 6) is 1.70. The summed E-state index contributed by atoms with van der Waals surface area (Å²) in [6, 6.07) is 17.1. The molecule has 0 N–H and O–H groups in total. The molecule has 0 radical (unpaired) electrons. The minimum atomic E-state index is 0.436. The summed E-state index contributed by atoms with van der Waals surface area (Å²) in [6.45, 7) is 1.92. The Hall–Kier alpha value is -2.80. The predicted molar refractivity (Wildman–Crippen MR) is 93.0 cm³/mol. The molecule has 0 atom stereocenters. The summed E-state index contributed by atoms with van der Waals surface area (Å²) in [5, 5.41) is 12.9. The lowest BCUT2D eigenvalue weighted by Crippen LogP contribution is -1.98. The lowest BCUT2D eigenvalue weighted by atomic mass is 10.2. The summed E-state index contributed by atoms with van der Waals surface area (Å²) >= 11 is 3.40. The van der Waals surface area contributed by atoms with Gasteiger partial charge in [-0.05, 0) is 41.1 Å². The number of aryl methyl sites for hydroxylation is 1. The number of ether oxygens (including phenoxy) is 1. The summed E-state index contributed by atoms with van der Waals surface area (Å²) in [6.07, 6.45) is 0. The fourth-order valence-electron chi connectivity index (χ4n) is 2.29. The molecule has 0 amide bonds. The van der Waals surface area contributed by atoms with Crippen molar-refractivity contribution < 1.29 is 4.74 Å². The second-order valence-corrected chi connectivity index (χ2v) is 5.93. The maximum Gasteiger partial charge on any atom is 0.237 e. The Morgan fingerprint density at radius 2 is 1.79 bits per heavy atom. The van der Waals surface area contributed by atoms with Gasteiger partial charge in [-0.2, -0.15) is 4.52 Å². The van der Waals surface area contributed by atoms with Gasteiger partial charge in [0.15, 0.2) is 17.2 Å². The zero-order valence-corrected chi connectivity index (χ0v) is 14.3. The third-order valence-corrected chi connectivity index (χ3v) is 4.01. The van der Waals surface area contributed by atoms with Crippen molar-refractivity contribution in [3.8, 4) is 23.0 Å². The molecule has 0 spiro atoms. The van der Waals surface area contributed by atoms with Crippen LogP contribution in [0.4, 0.5) is 0 Å². The Bertz CT molecular complexity index is 1020. The Balaban J connectivity index is 1.75. The Labute approximate surface area is 146 Å². The summed E-state index contributed by atoms with van der Waals surface area (Å²) < 4.78 is 8.14. The van der Waals surface area contributed by atoms with Crippen LogP contribution in [-0.4, -0.2) is 24.8 Å². The average Bonchev–Trinajstić information content (AvgIpc) is 3.01. The Morgan fingerprint density at radius 3 is 2.58 bits per heavy atom. The van der Waals surface area contributed by atoms with E-state index in [1.54, 1.807) is 10.6 Å². The minimum absolute atomic E-state index is 0.436. The van der Waals surface area contributed by atoms with E-state index in [1.807, 2.05) is 55.5 Å². The molecular formula is C17H12BrN5O. The van der Waals surface area contributed by atoms with E-state index in [2.05, 4.69) is 36.2 Å². The van der Waals surface area contributed by atoms with E-state index < -0.39 is 0 Å². The van der Waals surface area contributed by atoms with Crippen molar-refractivity contribution in [1.82, 2.24) is 24.8 Å². The third kappa shape index (κ3) is 2.74. The maximum absolute atomic E-state index is 5.84. The van der Waals surface area contributed by atoms with E-state index in [-0.39, 0.29) is 0 Å². The first-order valence-electron chi connectivity index (χ1n) is 7.29. The molecule has 1 aromatic carbocycles. The molecule has 4 aromatic rings. The van der Waals surface area contributed by atoms with Crippen molar-refractivity contribution in [3.05, 3.63) is 64.9 Å². The molecule has 0 saturated carbocycles. The SMILES string of the molecule is Cc1ccc(Oc2ccc3nnc(-c4ccccc4)n3n2)c(Br)n1. The Kier molecular flexibility index (Phi) is 3.70. The van der Waals surface area contributed by atoms with Gasteiger partial charge in [0, 0.05) is 17.3 Å². The first kappa shape index (κ1) is 14.8. The first-order chi connectivity index (χ1) is 11.7. The maximum atomic E-state index is 5.84. The second-order valence-electron chi connectivity index (χ2n) is 5.17. The third-order valence-electron chi connectivity index (χ3n) is 3.44. The molecule has 0 saturated heterocycles. The highest BCUT2D eigenvalue weighted by Gasteiger charge is 2.11. The first-order valence-corrected chi connectivity index (χ1v) is 8.09. The van der Waals surface area contributed by atoms with Gasteiger partial charge in [-0.15, -0.1) is 15.3 Å². The molecule has 4 rings (SSSR count). The molecule has 6 nitrogen and oxygen atoms in total. The van der Waals surface area contributed by atoms with Gasteiger partial charge < -0.3 is 4.74 Å². The van der Waals surface area contributed by atoms with Gasteiger partial charge in [0.2, 0.25) is 5.88 Å². The molecular weight excluding hydrogens is 370 g/mol. The average molecular weight is 382 g/mol. The van der Waals surface area contributed by atoms with Crippen LogP contribution >= 0.6 is 15.9 Å². The fourth-order valence-corrected chi connectivity index (χ4v) is 2.79. The van der Waals surface area contributed by atoms with E-state index in [0.717, 1.165) is 11.3 Å². The fraction of sp³-hybridized carbons (Fsp3) is 0.0588. The van der Waals surface area contributed by atoms with E-state index in [4.69, 9.17) is 4.74 Å². The van der Waals surface area contributed by atoms with E-state index >= 15 is 0 Å². The second kappa shape index (κ2) is 6.01. The van der Waals surface area contributed by atoms with Gasteiger partial charge >= 0.3 is 0 Å². The summed E-state index contributed by atoms with van der Waals surface area (Å²) in [4.78, 5) is 4.32. The predicted octanol–water partition coefficient (Wildman–Crippen LogP) is 4.05.